The molecule has 0 aromatic carbocycles. The minimum absolute atomic E-state index is 0.779. The maximum Gasteiger partial charge on any atom is 0.0766 e. The second-order valence-electron chi connectivity index (χ2n) is 4.25. The van der Waals surface area contributed by atoms with Crippen LogP contribution in [0.25, 0.3) is 0 Å². The SMILES string of the molecule is CCc1nn(C)c(CC2CCNC2)c1Br. The highest BCUT2D eigenvalue weighted by atomic mass is 79.9. The Morgan fingerprint density at radius 2 is 2.40 bits per heavy atom. The first-order chi connectivity index (χ1) is 7.22. The van der Waals surface area contributed by atoms with Crippen LogP contribution in [0.2, 0.25) is 0 Å². The summed E-state index contributed by atoms with van der Waals surface area (Å²) < 4.78 is 3.25. The van der Waals surface area contributed by atoms with Gasteiger partial charge in [-0.1, -0.05) is 6.92 Å². The van der Waals surface area contributed by atoms with Crippen molar-refractivity contribution in [2.24, 2.45) is 13.0 Å². The molecule has 0 aliphatic carbocycles. The summed E-state index contributed by atoms with van der Waals surface area (Å²) in [5, 5.41) is 7.93. The van der Waals surface area contributed by atoms with E-state index in [0.29, 0.717) is 0 Å². The van der Waals surface area contributed by atoms with Crippen LogP contribution in [0.3, 0.4) is 0 Å². The summed E-state index contributed by atoms with van der Waals surface area (Å²) >= 11 is 3.67. The summed E-state index contributed by atoms with van der Waals surface area (Å²) in [7, 11) is 2.04. The fraction of sp³-hybridized carbons (Fsp3) is 0.727. The van der Waals surface area contributed by atoms with E-state index in [0.717, 1.165) is 25.3 Å². The number of rotatable bonds is 3. The molecule has 1 unspecified atom stereocenters. The van der Waals surface area contributed by atoms with Crippen molar-refractivity contribution in [3.8, 4) is 0 Å². The van der Waals surface area contributed by atoms with E-state index < -0.39 is 0 Å². The zero-order valence-electron chi connectivity index (χ0n) is 9.39. The first kappa shape index (κ1) is 11.1. The molecule has 1 saturated heterocycles. The molecule has 1 atom stereocenters. The predicted molar refractivity (Wildman–Crippen MR) is 65.0 cm³/mol. The van der Waals surface area contributed by atoms with Crippen LogP contribution in [0.4, 0.5) is 0 Å². The van der Waals surface area contributed by atoms with Gasteiger partial charge in [0.1, 0.15) is 0 Å². The minimum atomic E-state index is 0.779. The molecule has 1 aliphatic rings. The van der Waals surface area contributed by atoms with Crippen molar-refractivity contribution < 1.29 is 0 Å². The number of nitrogens with zero attached hydrogens (tertiary/aromatic N) is 2. The lowest BCUT2D eigenvalue weighted by atomic mass is 10.0. The van der Waals surface area contributed by atoms with Crippen molar-refractivity contribution in [2.75, 3.05) is 13.1 Å². The van der Waals surface area contributed by atoms with E-state index in [1.807, 2.05) is 11.7 Å². The van der Waals surface area contributed by atoms with Gasteiger partial charge in [-0.3, -0.25) is 4.68 Å². The molecule has 2 heterocycles. The Bertz CT molecular complexity index is 340. The minimum Gasteiger partial charge on any atom is -0.316 e. The lowest BCUT2D eigenvalue weighted by molar-refractivity contribution is 0.546. The highest BCUT2D eigenvalue weighted by Gasteiger charge is 2.20. The van der Waals surface area contributed by atoms with Crippen LogP contribution in [-0.4, -0.2) is 22.9 Å². The molecular weight excluding hydrogens is 254 g/mol. The Kier molecular flexibility index (Phi) is 3.46. The molecule has 84 valence electrons. The number of hydrogen-bond donors (Lipinski definition) is 1. The number of hydrogen-bond acceptors (Lipinski definition) is 2. The largest absolute Gasteiger partial charge is 0.316 e. The summed E-state index contributed by atoms with van der Waals surface area (Å²) in [5.41, 5.74) is 2.53. The quantitative estimate of drug-likeness (QED) is 0.910. The van der Waals surface area contributed by atoms with E-state index in [9.17, 15) is 0 Å². The molecule has 0 amide bonds. The standard InChI is InChI=1S/C11H18BrN3/c1-3-9-11(12)10(15(2)14-9)6-8-4-5-13-7-8/h8,13H,3-7H2,1-2H3. The van der Waals surface area contributed by atoms with E-state index in [1.165, 1.54) is 28.8 Å². The fourth-order valence-electron chi connectivity index (χ4n) is 2.20. The molecule has 1 N–H and O–H groups in total. The second-order valence-corrected chi connectivity index (χ2v) is 5.04. The molecule has 0 spiro atoms. The average Bonchev–Trinajstić information content (AvgIpc) is 2.81. The molecule has 0 saturated carbocycles. The van der Waals surface area contributed by atoms with Gasteiger partial charge < -0.3 is 5.32 Å². The summed E-state index contributed by atoms with van der Waals surface area (Å²) in [6.45, 7) is 4.47. The van der Waals surface area contributed by atoms with E-state index in [-0.39, 0.29) is 0 Å². The lowest BCUT2D eigenvalue weighted by Gasteiger charge is -2.08. The predicted octanol–water partition coefficient (Wildman–Crippen LogP) is 1.90. The van der Waals surface area contributed by atoms with E-state index in [1.54, 1.807) is 0 Å². The third kappa shape index (κ3) is 2.26. The third-order valence-electron chi connectivity index (χ3n) is 3.15. The summed E-state index contributed by atoms with van der Waals surface area (Å²) in [4.78, 5) is 0. The number of aryl methyl sites for hydroxylation is 2. The molecule has 1 aromatic rings. The Labute approximate surface area is 99.4 Å². The first-order valence-corrected chi connectivity index (χ1v) is 6.42. The Balaban J connectivity index is 2.15. The molecule has 15 heavy (non-hydrogen) atoms. The van der Waals surface area contributed by atoms with Crippen molar-refractivity contribution in [1.82, 2.24) is 15.1 Å². The van der Waals surface area contributed by atoms with Gasteiger partial charge in [0, 0.05) is 7.05 Å². The highest BCUT2D eigenvalue weighted by Crippen LogP contribution is 2.25. The number of nitrogens with one attached hydrogen (secondary N) is 1. The Morgan fingerprint density at radius 1 is 1.60 bits per heavy atom. The van der Waals surface area contributed by atoms with E-state index in [2.05, 4.69) is 33.3 Å². The van der Waals surface area contributed by atoms with Crippen LogP contribution in [0, 0.1) is 5.92 Å². The van der Waals surface area contributed by atoms with Gasteiger partial charge in [0.25, 0.3) is 0 Å². The second kappa shape index (κ2) is 4.66. The maximum atomic E-state index is 4.52. The normalized spacial score (nSPS) is 21.1. The molecule has 0 bridgehead atoms. The van der Waals surface area contributed by atoms with Gasteiger partial charge in [0.2, 0.25) is 0 Å². The van der Waals surface area contributed by atoms with Crippen molar-refractivity contribution in [3.63, 3.8) is 0 Å². The van der Waals surface area contributed by atoms with Crippen molar-refractivity contribution >= 4 is 15.9 Å². The summed E-state index contributed by atoms with van der Waals surface area (Å²) in [6.07, 6.45) is 3.42. The van der Waals surface area contributed by atoms with Crippen LogP contribution in [0.5, 0.6) is 0 Å². The smallest absolute Gasteiger partial charge is 0.0766 e. The molecular formula is C11H18BrN3. The van der Waals surface area contributed by atoms with Crippen molar-refractivity contribution in [2.45, 2.75) is 26.2 Å². The number of aromatic nitrogens is 2. The molecule has 0 radical (unpaired) electrons. The van der Waals surface area contributed by atoms with Gasteiger partial charge in [0.15, 0.2) is 0 Å². The van der Waals surface area contributed by atoms with Crippen LogP contribution in [0.1, 0.15) is 24.7 Å². The van der Waals surface area contributed by atoms with E-state index >= 15 is 0 Å². The zero-order valence-corrected chi connectivity index (χ0v) is 11.0. The molecule has 1 aromatic heterocycles. The van der Waals surface area contributed by atoms with Crippen LogP contribution in [0.15, 0.2) is 4.47 Å². The van der Waals surface area contributed by atoms with Crippen LogP contribution >= 0.6 is 15.9 Å². The van der Waals surface area contributed by atoms with Gasteiger partial charge in [-0.15, -0.1) is 0 Å². The summed E-state index contributed by atoms with van der Waals surface area (Å²) in [5.74, 6) is 0.779. The number of halogens is 1. The lowest BCUT2D eigenvalue weighted by Crippen LogP contribution is -2.12. The zero-order chi connectivity index (χ0) is 10.8. The summed E-state index contributed by atoms with van der Waals surface area (Å²) in [6, 6.07) is 0. The molecule has 2 rings (SSSR count). The Morgan fingerprint density at radius 3 is 2.93 bits per heavy atom. The molecule has 1 fully saturated rings. The Hall–Kier alpha value is -0.350. The topological polar surface area (TPSA) is 29.9 Å². The average molecular weight is 272 g/mol. The molecule has 4 heteroatoms. The van der Waals surface area contributed by atoms with Gasteiger partial charge in [0.05, 0.1) is 15.9 Å². The first-order valence-electron chi connectivity index (χ1n) is 5.63. The third-order valence-corrected chi connectivity index (χ3v) is 4.06. The van der Waals surface area contributed by atoms with Gasteiger partial charge >= 0.3 is 0 Å². The monoisotopic (exact) mass is 271 g/mol. The van der Waals surface area contributed by atoms with Crippen LogP contribution < -0.4 is 5.32 Å². The fourth-order valence-corrected chi connectivity index (χ4v) is 2.98. The van der Waals surface area contributed by atoms with E-state index in [4.69, 9.17) is 0 Å². The van der Waals surface area contributed by atoms with Gasteiger partial charge in [-0.25, -0.2) is 0 Å². The van der Waals surface area contributed by atoms with Crippen molar-refractivity contribution in [3.05, 3.63) is 15.9 Å². The van der Waals surface area contributed by atoms with Crippen LogP contribution in [-0.2, 0) is 19.9 Å². The van der Waals surface area contributed by atoms with Crippen molar-refractivity contribution in [1.29, 1.82) is 0 Å². The van der Waals surface area contributed by atoms with Gasteiger partial charge in [-0.05, 0) is 54.2 Å². The van der Waals surface area contributed by atoms with Gasteiger partial charge in [-0.2, -0.15) is 5.10 Å². The molecule has 3 nitrogen and oxygen atoms in total. The maximum absolute atomic E-state index is 4.52. The molecule has 1 aliphatic heterocycles. The highest BCUT2D eigenvalue weighted by molar-refractivity contribution is 9.10.